The van der Waals surface area contributed by atoms with Gasteiger partial charge in [-0.1, -0.05) is 5.16 Å². The van der Waals surface area contributed by atoms with E-state index in [1.165, 1.54) is 12.1 Å². The Kier molecular flexibility index (Phi) is 4.70. The molecule has 0 radical (unpaired) electrons. The molecule has 112 valence electrons. The van der Waals surface area contributed by atoms with Gasteiger partial charge in [-0.25, -0.2) is 0 Å². The summed E-state index contributed by atoms with van der Waals surface area (Å²) in [6, 6.07) is 4.58. The first-order chi connectivity index (χ1) is 10.1. The predicted molar refractivity (Wildman–Crippen MR) is 75.5 cm³/mol. The Hall–Kier alpha value is -2.64. The molecule has 0 amide bonds. The highest BCUT2D eigenvalue weighted by Crippen LogP contribution is 2.26. The summed E-state index contributed by atoms with van der Waals surface area (Å²) in [5.74, 6) is 1.57. The number of nitrogens with one attached hydrogen (secondary N) is 1. The van der Waals surface area contributed by atoms with Crippen molar-refractivity contribution in [2.45, 2.75) is 20.3 Å². The lowest BCUT2D eigenvalue weighted by Crippen LogP contribution is -2.06. The molecule has 1 heterocycles. The smallest absolute Gasteiger partial charge is 0.275 e. The number of hydrogen-bond donors (Lipinski definition) is 1. The molecule has 0 spiro atoms. The van der Waals surface area contributed by atoms with Crippen molar-refractivity contribution in [3.8, 4) is 5.75 Å². The fraction of sp³-hybridized carbons (Fsp3) is 0.385. The Morgan fingerprint density at radius 1 is 1.43 bits per heavy atom. The van der Waals surface area contributed by atoms with Crippen LogP contribution >= 0.6 is 0 Å². The first-order valence-electron chi connectivity index (χ1n) is 6.54. The topological polar surface area (TPSA) is 103 Å². The highest BCUT2D eigenvalue weighted by atomic mass is 16.6. The van der Waals surface area contributed by atoms with Crippen molar-refractivity contribution in [2.75, 3.05) is 18.5 Å². The lowest BCUT2D eigenvalue weighted by atomic mass is 10.2. The van der Waals surface area contributed by atoms with Gasteiger partial charge in [0.1, 0.15) is 5.75 Å². The van der Waals surface area contributed by atoms with Crippen molar-refractivity contribution in [1.29, 1.82) is 0 Å². The van der Waals surface area contributed by atoms with Crippen molar-refractivity contribution in [3.63, 3.8) is 0 Å². The van der Waals surface area contributed by atoms with E-state index >= 15 is 0 Å². The average Bonchev–Trinajstić information content (AvgIpc) is 2.84. The minimum Gasteiger partial charge on any atom is -0.494 e. The van der Waals surface area contributed by atoms with Gasteiger partial charge in [0, 0.05) is 30.8 Å². The van der Waals surface area contributed by atoms with Gasteiger partial charge in [0.2, 0.25) is 5.89 Å². The fourth-order valence-corrected chi connectivity index (χ4v) is 1.80. The fourth-order valence-electron chi connectivity index (χ4n) is 1.80. The van der Waals surface area contributed by atoms with E-state index in [4.69, 9.17) is 9.26 Å². The van der Waals surface area contributed by atoms with Crippen LogP contribution in [-0.4, -0.2) is 28.2 Å². The molecular formula is C13H16N4O4. The molecule has 1 aromatic heterocycles. The average molecular weight is 292 g/mol. The SMILES string of the molecule is CCOc1cc(NCCc2nc(C)no2)cc([N+](=O)[O-])c1. The summed E-state index contributed by atoms with van der Waals surface area (Å²) in [6.07, 6.45) is 0.535. The van der Waals surface area contributed by atoms with Crippen molar-refractivity contribution in [2.24, 2.45) is 0 Å². The maximum Gasteiger partial charge on any atom is 0.275 e. The van der Waals surface area contributed by atoms with Gasteiger partial charge in [0.25, 0.3) is 5.69 Å². The molecule has 21 heavy (non-hydrogen) atoms. The minimum absolute atomic E-state index is 0.0166. The normalized spacial score (nSPS) is 10.4. The zero-order chi connectivity index (χ0) is 15.2. The number of aryl methyl sites for hydroxylation is 1. The van der Waals surface area contributed by atoms with E-state index < -0.39 is 4.92 Å². The molecule has 1 aromatic carbocycles. The van der Waals surface area contributed by atoms with E-state index in [9.17, 15) is 10.1 Å². The summed E-state index contributed by atoms with van der Waals surface area (Å²) in [5, 5.41) is 17.7. The molecule has 0 aliphatic heterocycles. The standard InChI is InChI=1S/C13H16N4O4/c1-3-20-12-7-10(6-11(8-12)17(18)19)14-5-4-13-15-9(2)16-21-13/h6-8,14H,3-5H2,1-2H3. The number of rotatable bonds is 7. The highest BCUT2D eigenvalue weighted by Gasteiger charge is 2.11. The van der Waals surface area contributed by atoms with E-state index in [1.54, 1.807) is 13.0 Å². The number of ether oxygens (including phenoxy) is 1. The summed E-state index contributed by atoms with van der Waals surface area (Å²) in [5.41, 5.74) is 0.598. The minimum atomic E-state index is -0.449. The molecule has 0 unspecified atom stereocenters. The highest BCUT2D eigenvalue weighted by molar-refractivity contribution is 5.56. The van der Waals surface area contributed by atoms with E-state index in [1.807, 2.05) is 6.92 Å². The van der Waals surface area contributed by atoms with Gasteiger partial charge in [-0.15, -0.1) is 0 Å². The second kappa shape index (κ2) is 6.69. The molecule has 0 aliphatic carbocycles. The quantitative estimate of drug-likeness (QED) is 0.617. The number of nitrogens with zero attached hydrogens (tertiary/aromatic N) is 3. The molecule has 8 nitrogen and oxygen atoms in total. The van der Waals surface area contributed by atoms with Gasteiger partial charge < -0.3 is 14.6 Å². The lowest BCUT2D eigenvalue weighted by Gasteiger charge is -2.08. The first kappa shape index (κ1) is 14.8. The molecule has 8 heteroatoms. The zero-order valence-corrected chi connectivity index (χ0v) is 11.8. The number of aromatic nitrogens is 2. The van der Waals surface area contributed by atoms with Gasteiger partial charge in [-0.3, -0.25) is 10.1 Å². The Morgan fingerprint density at radius 2 is 2.24 bits per heavy atom. The van der Waals surface area contributed by atoms with Crippen LogP contribution in [0.4, 0.5) is 11.4 Å². The number of nitro benzene ring substituents is 1. The van der Waals surface area contributed by atoms with Crippen molar-refractivity contribution in [3.05, 3.63) is 40.0 Å². The second-order valence-corrected chi connectivity index (χ2v) is 4.32. The summed E-state index contributed by atoms with van der Waals surface area (Å²) < 4.78 is 10.3. The van der Waals surface area contributed by atoms with Crippen LogP contribution in [0.1, 0.15) is 18.6 Å². The molecule has 2 rings (SSSR count). The van der Waals surface area contributed by atoms with Crippen LogP contribution in [0.5, 0.6) is 5.75 Å². The molecule has 0 saturated carbocycles. The van der Waals surface area contributed by atoms with E-state index in [-0.39, 0.29) is 5.69 Å². The van der Waals surface area contributed by atoms with Gasteiger partial charge in [0.05, 0.1) is 17.6 Å². The molecule has 0 saturated heterocycles. The Morgan fingerprint density at radius 3 is 2.86 bits per heavy atom. The molecule has 0 atom stereocenters. The molecule has 1 N–H and O–H groups in total. The third-order valence-electron chi connectivity index (χ3n) is 2.65. The van der Waals surface area contributed by atoms with Crippen LogP contribution in [0, 0.1) is 17.0 Å². The molecular weight excluding hydrogens is 276 g/mol. The third-order valence-corrected chi connectivity index (χ3v) is 2.65. The van der Waals surface area contributed by atoms with Gasteiger partial charge >= 0.3 is 0 Å². The Bertz CT molecular complexity index is 626. The number of hydrogen-bond acceptors (Lipinski definition) is 7. The number of non-ortho nitro benzene ring substituents is 1. The van der Waals surface area contributed by atoms with Crippen molar-refractivity contribution < 1.29 is 14.2 Å². The van der Waals surface area contributed by atoms with Gasteiger partial charge in [0.15, 0.2) is 5.82 Å². The second-order valence-electron chi connectivity index (χ2n) is 4.32. The lowest BCUT2D eigenvalue weighted by molar-refractivity contribution is -0.384. The van der Waals surface area contributed by atoms with Gasteiger partial charge in [-0.2, -0.15) is 4.98 Å². The van der Waals surface area contributed by atoms with Crippen LogP contribution in [0.25, 0.3) is 0 Å². The third kappa shape index (κ3) is 4.16. The number of benzene rings is 1. The summed E-state index contributed by atoms with van der Waals surface area (Å²) in [6.45, 7) is 4.54. The van der Waals surface area contributed by atoms with Crippen LogP contribution in [-0.2, 0) is 6.42 Å². The Labute approximate surface area is 121 Å². The summed E-state index contributed by atoms with van der Waals surface area (Å²) in [4.78, 5) is 14.5. The number of nitro groups is 1. The van der Waals surface area contributed by atoms with Crippen LogP contribution in [0.15, 0.2) is 22.7 Å². The van der Waals surface area contributed by atoms with Crippen molar-refractivity contribution in [1.82, 2.24) is 10.1 Å². The molecule has 0 aliphatic rings. The van der Waals surface area contributed by atoms with Crippen molar-refractivity contribution >= 4 is 11.4 Å². The zero-order valence-electron chi connectivity index (χ0n) is 11.8. The molecule has 0 bridgehead atoms. The summed E-state index contributed by atoms with van der Waals surface area (Å²) >= 11 is 0. The van der Waals surface area contributed by atoms with E-state index in [0.717, 1.165) is 0 Å². The van der Waals surface area contributed by atoms with E-state index in [2.05, 4.69) is 15.5 Å². The van der Waals surface area contributed by atoms with E-state index in [0.29, 0.717) is 42.7 Å². The monoisotopic (exact) mass is 292 g/mol. The molecule has 2 aromatic rings. The predicted octanol–water partition coefficient (Wildman–Crippen LogP) is 2.34. The van der Waals surface area contributed by atoms with Crippen LogP contribution in [0.2, 0.25) is 0 Å². The maximum absolute atomic E-state index is 10.9. The first-order valence-corrected chi connectivity index (χ1v) is 6.54. The maximum atomic E-state index is 10.9. The molecule has 0 fully saturated rings. The summed E-state index contributed by atoms with van der Waals surface area (Å²) in [7, 11) is 0. The van der Waals surface area contributed by atoms with Crippen LogP contribution in [0.3, 0.4) is 0 Å². The Balaban J connectivity index is 2.02. The number of anilines is 1. The van der Waals surface area contributed by atoms with Gasteiger partial charge in [-0.05, 0) is 13.8 Å². The largest absolute Gasteiger partial charge is 0.494 e. The van der Waals surface area contributed by atoms with Crippen LogP contribution < -0.4 is 10.1 Å².